The fourth-order valence-corrected chi connectivity index (χ4v) is 3.03. The van der Waals surface area contributed by atoms with E-state index >= 15 is 0 Å². The largest absolute Gasteiger partial charge is 0.488 e. The molecule has 10 heteroatoms. The van der Waals surface area contributed by atoms with Crippen LogP contribution in [0.15, 0.2) is 58.1 Å². The van der Waals surface area contributed by atoms with E-state index in [0.29, 0.717) is 5.02 Å². The van der Waals surface area contributed by atoms with Gasteiger partial charge >= 0.3 is 11.7 Å². The number of nitrogen functional groups attached to an aromatic ring is 1. The van der Waals surface area contributed by atoms with Gasteiger partial charge in [-0.05, 0) is 29.8 Å². The zero-order chi connectivity index (χ0) is 23.4. The van der Waals surface area contributed by atoms with Crippen LogP contribution >= 0.6 is 11.6 Å². The molecule has 32 heavy (non-hydrogen) atoms. The Labute approximate surface area is 187 Å². The summed E-state index contributed by atoms with van der Waals surface area (Å²) in [5, 5.41) is 0.594. The minimum Gasteiger partial charge on any atom is -0.488 e. The van der Waals surface area contributed by atoms with Crippen molar-refractivity contribution < 1.29 is 19.1 Å². The van der Waals surface area contributed by atoms with Crippen LogP contribution in [0.25, 0.3) is 0 Å². The zero-order valence-electron chi connectivity index (χ0n) is 17.3. The monoisotopic (exact) mass is 457 g/mol. The summed E-state index contributed by atoms with van der Waals surface area (Å²) in [6, 6.07) is 13.4. The van der Waals surface area contributed by atoms with E-state index in [2.05, 4.69) is 0 Å². The summed E-state index contributed by atoms with van der Waals surface area (Å²) in [5.74, 6) is -1.68. The molecule has 9 nitrogen and oxygen atoms in total. The number of ketones is 1. The Hall–Kier alpha value is -3.85. The van der Waals surface area contributed by atoms with E-state index in [-0.39, 0.29) is 23.7 Å². The number of nitrogens with two attached hydrogens (primary N) is 1. The molecule has 1 heterocycles. The summed E-state index contributed by atoms with van der Waals surface area (Å²) in [7, 11) is 2.55. The summed E-state index contributed by atoms with van der Waals surface area (Å²) in [6.07, 6.45) is 0. The molecular weight excluding hydrogens is 438 g/mol. The SMILES string of the molecule is Cn1c(N)c(C(=O)COC(=O)c2ccccc2OCc2ccc(Cl)cc2)c(=O)n(C)c1=O. The van der Waals surface area contributed by atoms with E-state index in [1.165, 1.54) is 20.2 Å². The first kappa shape index (κ1) is 22.8. The Bertz CT molecular complexity index is 1290. The average molecular weight is 458 g/mol. The minimum absolute atomic E-state index is 0.107. The number of Topliss-reactive ketones (excluding diaryl/α,β-unsaturated/α-hetero) is 1. The molecule has 2 aromatic carbocycles. The summed E-state index contributed by atoms with van der Waals surface area (Å²) < 4.78 is 12.5. The molecule has 0 amide bonds. The van der Waals surface area contributed by atoms with Crippen LogP contribution in [0.4, 0.5) is 5.82 Å². The van der Waals surface area contributed by atoms with Crippen LogP contribution in [-0.4, -0.2) is 27.5 Å². The van der Waals surface area contributed by atoms with Crippen molar-refractivity contribution in [1.29, 1.82) is 0 Å². The lowest BCUT2D eigenvalue weighted by molar-refractivity contribution is 0.0469. The van der Waals surface area contributed by atoms with Crippen molar-refractivity contribution in [2.24, 2.45) is 14.1 Å². The van der Waals surface area contributed by atoms with Crippen molar-refractivity contribution in [1.82, 2.24) is 9.13 Å². The number of halogens is 1. The first-order valence-electron chi connectivity index (χ1n) is 9.42. The molecule has 3 aromatic rings. The van der Waals surface area contributed by atoms with E-state index < -0.39 is 35.2 Å². The number of carbonyl (C=O) groups is 2. The van der Waals surface area contributed by atoms with E-state index in [1.54, 1.807) is 42.5 Å². The van der Waals surface area contributed by atoms with Gasteiger partial charge in [-0.2, -0.15) is 0 Å². The highest BCUT2D eigenvalue weighted by Crippen LogP contribution is 2.21. The fourth-order valence-electron chi connectivity index (χ4n) is 2.91. The maximum atomic E-state index is 12.6. The molecule has 0 aliphatic carbocycles. The van der Waals surface area contributed by atoms with Gasteiger partial charge in [0.25, 0.3) is 5.56 Å². The number of benzene rings is 2. The first-order chi connectivity index (χ1) is 15.2. The topological polar surface area (TPSA) is 123 Å². The number of hydrogen-bond acceptors (Lipinski definition) is 7. The van der Waals surface area contributed by atoms with Gasteiger partial charge < -0.3 is 15.2 Å². The molecule has 0 saturated heterocycles. The Balaban J connectivity index is 1.73. The molecule has 2 N–H and O–H groups in total. The van der Waals surface area contributed by atoms with Crippen molar-refractivity contribution in [2.75, 3.05) is 12.3 Å². The molecule has 0 fully saturated rings. The number of para-hydroxylation sites is 1. The second-order valence-corrected chi connectivity index (χ2v) is 7.31. The molecule has 0 aliphatic heterocycles. The van der Waals surface area contributed by atoms with Crippen LogP contribution < -0.4 is 21.7 Å². The highest BCUT2D eigenvalue weighted by Gasteiger charge is 2.22. The second kappa shape index (κ2) is 9.52. The lowest BCUT2D eigenvalue weighted by Crippen LogP contribution is -2.42. The molecule has 0 atom stereocenters. The number of esters is 1. The summed E-state index contributed by atoms with van der Waals surface area (Å²) in [6.45, 7) is -0.549. The molecule has 0 radical (unpaired) electrons. The third-order valence-electron chi connectivity index (χ3n) is 4.74. The molecule has 1 aromatic heterocycles. The van der Waals surface area contributed by atoms with Gasteiger partial charge in [0.15, 0.2) is 6.61 Å². The zero-order valence-corrected chi connectivity index (χ0v) is 18.1. The van der Waals surface area contributed by atoms with Gasteiger partial charge in [0.1, 0.15) is 29.3 Å². The summed E-state index contributed by atoms with van der Waals surface area (Å²) in [4.78, 5) is 49.3. The van der Waals surface area contributed by atoms with Crippen molar-refractivity contribution in [3.8, 4) is 5.75 Å². The number of carbonyl (C=O) groups excluding carboxylic acids is 2. The third-order valence-corrected chi connectivity index (χ3v) is 4.99. The predicted octanol–water partition coefficient (Wildman–Crippen LogP) is 1.94. The van der Waals surface area contributed by atoms with Crippen LogP contribution in [0.2, 0.25) is 5.02 Å². The number of nitrogens with zero attached hydrogens (tertiary/aromatic N) is 2. The van der Waals surface area contributed by atoms with Crippen LogP contribution in [0.5, 0.6) is 5.75 Å². The van der Waals surface area contributed by atoms with E-state index in [9.17, 15) is 19.2 Å². The van der Waals surface area contributed by atoms with Crippen molar-refractivity contribution in [2.45, 2.75) is 6.61 Å². The van der Waals surface area contributed by atoms with Gasteiger partial charge in [0.2, 0.25) is 5.78 Å². The number of aromatic nitrogens is 2. The van der Waals surface area contributed by atoms with E-state index in [1.807, 2.05) is 0 Å². The summed E-state index contributed by atoms with van der Waals surface area (Å²) >= 11 is 5.87. The lowest BCUT2D eigenvalue weighted by atomic mass is 10.2. The number of hydrogen-bond donors (Lipinski definition) is 1. The Kier molecular flexibility index (Phi) is 6.79. The summed E-state index contributed by atoms with van der Waals surface area (Å²) in [5.41, 5.74) is 4.75. The van der Waals surface area contributed by atoms with Gasteiger partial charge in [-0.25, -0.2) is 9.59 Å². The standard InChI is InChI=1S/C22H20ClN3O6/c1-25-19(24)18(20(28)26(2)22(25)30)16(27)12-32-21(29)15-5-3-4-6-17(15)31-11-13-7-9-14(23)10-8-13/h3-10H,11-12,24H2,1-2H3. The van der Waals surface area contributed by atoms with Crippen molar-refractivity contribution in [3.05, 3.63) is 91.1 Å². The Morgan fingerprint density at radius 1 is 1.00 bits per heavy atom. The lowest BCUT2D eigenvalue weighted by Gasteiger charge is -2.12. The molecule has 0 aliphatic rings. The van der Waals surface area contributed by atoms with Crippen LogP contribution in [0.3, 0.4) is 0 Å². The maximum Gasteiger partial charge on any atom is 0.342 e. The van der Waals surface area contributed by atoms with Crippen LogP contribution in [0, 0.1) is 0 Å². The van der Waals surface area contributed by atoms with E-state index in [4.69, 9.17) is 26.8 Å². The van der Waals surface area contributed by atoms with Gasteiger partial charge in [-0.15, -0.1) is 0 Å². The minimum atomic E-state index is -0.863. The fraction of sp³-hybridized carbons (Fsp3) is 0.182. The molecule has 0 bridgehead atoms. The molecule has 166 valence electrons. The molecular formula is C22H20ClN3O6. The first-order valence-corrected chi connectivity index (χ1v) is 9.80. The van der Waals surface area contributed by atoms with Crippen LogP contribution in [0.1, 0.15) is 26.3 Å². The molecule has 0 saturated carbocycles. The Morgan fingerprint density at radius 3 is 2.34 bits per heavy atom. The average Bonchev–Trinajstić information content (AvgIpc) is 2.80. The number of rotatable bonds is 7. The van der Waals surface area contributed by atoms with E-state index in [0.717, 1.165) is 14.7 Å². The van der Waals surface area contributed by atoms with Gasteiger partial charge in [0.05, 0.1) is 0 Å². The molecule has 3 rings (SSSR count). The van der Waals surface area contributed by atoms with Gasteiger partial charge in [-0.3, -0.25) is 18.7 Å². The second-order valence-electron chi connectivity index (χ2n) is 6.88. The molecule has 0 unspecified atom stereocenters. The Morgan fingerprint density at radius 2 is 1.66 bits per heavy atom. The highest BCUT2D eigenvalue weighted by atomic mass is 35.5. The molecule has 0 spiro atoms. The predicted molar refractivity (Wildman–Crippen MR) is 118 cm³/mol. The van der Waals surface area contributed by atoms with Gasteiger partial charge in [0, 0.05) is 19.1 Å². The highest BCUT2D eigenvalue weighted by molar-refractivity contribution is 6.30. The number of anilines is 1. The number of ether oxygens (including phenoxy) is 2. The maximum absolute atomic E-state index is 12.6. The third kappa shape index (κ3) is 4.73. The van der Waals surface area contributed by atoms with Crippen molar-refractivity contribution in [3.63, 3.8) is 0 Å². The van der Waals surface area contributed by atoms with Gasteiger partial charge in [-0.1, -0.05) is 35.9 Å². The van der Waals surface area contributed by atoms with Crippen LogP contribution in [-0.2, 0) is 25.4 Å². The quantitative estimate of drug-likeness (QED) is 0.425. The normalized spacial score (nSPS) is 10.6. The van der Waals surface area contributed by atoms with Crippen molar-refractivity contribution >= 4 is 29.2 Å². The smallest absolute Gasteiger partial charge is 0.342 e.